The number of hydrogen-bond acceptors (Lipinski definition) is 16. The van der Waals surface area contributed by atoms with Gasteiger partial charge in [-0.2, -0.15) is 0 Å². The second-order valence-corrected chi connectivity index (χ2v) is 9.07. The second kappa shape index (κ2) is 12.8. The quantitative estimate of drug-likeness (QED) is 0.135. The molecule has 0 aromatic rings. The van der Waals surface area contributed by atoms with Gasteiger partial charge >= 0.3 is 0 Å². The van der Waals surface area contributed by atoms with Gasteiger partial charge in [0.25, 0.3) is 0 Å². The molecule has 3 heterocycles. The normalized spacial score (nSPS) is 49.0. The van der Waals surface area contributed by atoms with Crippen LogP contribution in [0.4, 0.5) is 0 Å². The largest absolute Gasteiger partial charge is 0.394 e. The van der Waals surface area contributed by atoms with Crippen molar-refractivity contribution < 1.29 is 79.5 Å². The molecule has 0 aliphatic carbocycles. The second-order valence-electron chi connectivity index (χ2n) is 9.07. The van der Waals surface area contributed by atoms with Crippen LogP contribution in [0.2, 0.25) is 0 Å². The Morgan fingerprint density at radius 1 is 0.649 bits per heavy atom. The minimum Gasteiger partial charge on any atom is -0.394 e. The van der Waals surface area contributed by atoms with Crippen LogP contribution < -0.4 is 5.32 Å². The molecule has 0 unspecified atom stereocenters. The number of aliphatic hydroxyl groups is 10. The van der Waals surface area contributed by atoms with E-state index in [9.17, 15) is 55.9 Å². The SMILES string of the molecule is CC(=O)N[C@H]1[C@H](O[C@H]2[C@@H](O)[C@@H](CO)O[C@@H](O[C@@H]3[C@@H](O)[C@H](O)O[C@H](CO)[C@H]3O)[C@@H]2O)O[C@H](CO)[C@@H](O)[C@@H]1O. The summed E-state index contributed by atoms with van der Waals surface area (Å²) in [5.41, 5.74) is 0. The fourth-order valence-corrected chi connectivity index (χ4v) is 4.45. The summed E-state index contributed by atoms with van der Waals surface area (Å²) in [6, 6.07) is -1.43. The van der Waals surface area contributed by atoms with E-state index in [0.717, 1.165) is 6.92 Å². The van der Waals surface area contributed by atoms with Gasteiger partial charge in [0.15, 0.2) is 18.9 Å². The number of ether oxygens (including phenoxy) is 5. The van der Waals surface area contributed by atoms with Crippen LogP contribution in [0.5, 0.6) is 0 Å². The smallest absolute Gasteiger partial charge is 0.217 e. The van der Waals surface area contributed by atoms with Gasteiger partial charge in [-0.15, -0.1) is 0 Å². The summed E-state index contributed by atoms with van der Waals surface area (Å²) < 4.78 is 26.8. The summed E-state index contributed by atoms with van der Waals surface area (Å²) in [6.45, 7) is -1.23. The lowest BCUT2D eigenvalue weighted by Crippen LogP contribution is -2.68. The van der Waals surface area contributed by atoms with Crippen molar-refractivity contribution in [2.45, 2.75) is 99.0 Å². The van der Waals surface area contributed by atoms with Crippen LogP contribution in [0.1, 0.15) is 6.92 Å². The lowest BCUT2D eigenvalue weighted by atomic mass is 9.95. The molecule has 11 N–H and O–H groups in total. The number of aliphatic hydroxyl groups excluding tert-OH is 10. The van der Waals surface area contributed by atoms with Gasteiger partial charge in [-0.3, -0.25) is 4.79 Å². The van der Waals surface area contributed by atoms with Crippen molar-refractivity contribution >= 4 is 5.91 Å². The van der Waals surface area contributed by atoms with Crippen LogP contribution >= 0.6 is 0 Å². The van der Waals surface area contributed by atoms with E-state index >= 15 is 0 Å². The molecule has 0 spiro atoms. The van der Waals surface area contributed by atoms with E-state index in [1.807, 2.05) is 0 Å². The van der Waals surface area contributed by atoms with Crippen LogP contribution in [0.15, 0.2) is 0 Å². The zero-order valence-corrected chi connectivity index (χ0v) is 19.7. The van der Waals surface area contributed by atoms with Crippen LogP contribution in [0.3, 0.4) is 0 Å². The molecule has 0 radical (unpaired) electrons. The summed E-state index contributed by atoms with van der Waals surface area (Å²) in [7, 11) is 0. The van der Waals surface area contributed by atoms with Crippen molar-refractivity contribution in [3.8, 4) is 0 Å². The Morgan fingerprint density at radius 2 is 1.11 bits per heavy atom. The average molecular weight is 545 g/mol. The van der Waals surface area contributed by atoms with Gasteiger partial charge in [0.1, 0.15) is 73.2 Å². The Labute approximate surface area is 210 Å². The molecule has 216 valence electrons. The maximum Gasteiger partial charge on any atom is 0.217 e. The van der Waals surface area contributed by atoms with E-state index in [0.29, 0.717) is 0 Å². The zero-order chi connectivity index (χ0) is 27.6. The minimum atomic E-state index is -1.93. The van der Waals surface area contributed by atoms with E-state index in [1.54, 1.807) is 0 Å². The molecule has 0 bridgehead atoms. The van der Waals surface area contributed by atoms with Crippen LogP contribution in [-0.4, -0.2) is 169 Å². The van der Waals surface area contributed by atoms with Crippen molar-refractivity contribution in [1.29, 1.82) is 0 Å². The van der Waals surface area contributed by atoms with Gasteiger partial charge in [-0.25, -0.2) is 0 Å². The molecule has 3 aliphatic rings. The van der Waals surface area contributed by atoms with Crippen LogP contribution in [0, 0.1) is 0 Å². The molecule has 0 saturated carbocycles. The van der Waals surface area contributed by atoms with Gasteiger partial charge in [-0.1, -0.05) is 0 Å². The average Bonchev–Trinajstić information content (AvgIpc) is 2.86. The van der Waals surface area contributed by atoms with Gasteiger partial charge < -0.3 is 80.1 Å². The topological polar surface area (TPSA) is 278 Å². The third-order valence-electron chi connectivity index (χ3n) is 6.50. The minimum absolute atomic E-state index is 0.655. The molecular weight excluding hydrogens is 510 g/mol. The van der Waals surface area contributed by atoms with Crippen molar-refractivity contribution in [3.05, 3.63) is 0 Å². The number of carbonyl (C=O) groups excluding carboxylic acids is 1. The highest BCUT2D eigenvalue weighted by Gasteiger charge is 2.53. The molecule has 15 atom stereocenters. The first-order chi connectivity index (χ1) is 17.4. The Kier molecular flexibility index (Phi) is 10.5. The predicted octanol–water partition coefficient (Wildman–Crippen LogP) is -7.43. The standard InChI is InChI=1S/C20H35NO16/c1-5(25)21-9-13(29)10(26)6(2-22)34-19(9)36-17-12(28)8(4-24)35-20(15(17)31)37-16-11(27)7(3-23)33-18(32)14(16)30/h6-20,22-24,26-32H,2-4H2,1H3,(H,21,25)/t6-,7-,8-,9-,10-,11-,12+,13-,14-,15-,16+,17+,18-,19+,20+/m1/s1. The first-order valence-electron chi connectivity index (χ1n) is 11.6. The summed E-state index contributed by atoms with van der Waals surface area (Å²) in [6.07, 6.45) is -23.5. The Bertz CT molecular complexity index is 747. The van der Waals surface area contributed by atoms with Crippen molar-refractivity contribution in [3.63, 3.8) is 0 Å². The monoisotopic (exact) mass is 545 g/mol. The highest BCUT2D eigenvalue weighted by atomic mass is 16.7. The Hall–Kier alpha value is -1.13. The van der Waals surface area contributed by atoms with E-state index < -0.39 is 118 Å². The van der Waals surface area contributed by atoms with Crippen molar-refractivity contribution in [1.82, 2.24) is 5.32 Å². The maximum atomic E-state index is 11.7. The molecule has 17 heteroatoms. The Balaban J connectivity index is 1.83. The van der Waals surface area contributed by atoms with Gasteiger partial charge in [-0.05, 0) is 0 Å². The van der Waals surface area contributed by atoms with E-state index in [-0.39, 0.29) is 0 Å². The van der Waals surface area contributed by atoms with E-state index in [4.69, 9.17) is 23.7 Å². The molecule has 3 fully saturated rings. The van der Waals surface area contributed by atoms with Gasteiger partial charge in [0.05, 0.1) is 19.8 Å². The number of carbonyl (C=O) groups is 1. The van der Waals surface area contributed by atoms with Gasteiger partial charge in [0.2, 0.25) is 5.91 Å². The number of rotatable bonds is 8. The molecule has 0 aromatic heterocycles. The van der Waals surface area contributed by atoms with Crippen LogP contribution in [0.25, 0.3) is 0 Å². The van der Waals surface area contributed by atoms with Crippen LogP contribution in [-0.2, 0) is 28.5 Å². The molecule has 0 aromatic carbocycles. The number of hydrogen-bond donors (Lipinski definition) is 11. The van der Waals surface area contributed by atoms with Gasteiger partial charge in [0, 0.05) is 6.92 Å². The summed E-state index contributed by atoms with van der Waals surface area (Å²) in [5, 5.41) is 104. The lowest BCUT2D eigenvalue weighted by molar-refractivity contribution is -0.373. The summed E-state index contributed by atoms with van der Waals surface area (Å²) in [5.74, 6) is -0.655. The third kappa shape index (κ3) is 6.38. The van der Waals surface area contributed by atoms with E-state index in [1.165, 1.54) is 0 Å². The lowest BCUT2D eigenvalue weighted by Gasteiger charge is -2.48. The first kappa shape index (κ1) is 30.4. The molecule has 3 rings (SSSR count). The predicted molar refractivity (Wildman–Crippen MR) is 113 cm³/mol. The molecular formula is C20H35NO16. The zero-order valence-electron chi connectivity index (χ0n) is 19.7. The Morgan fingerprint density at radius 3 is 1.65 bits per heavy atom. The highest BCUT2D eigenvalue weighted by molar-refractivity contribution is 5.73. The maximum absolute atomic E-state index is 11.7. The number of amides is 1. The number of nitrogens with one attached hydrogen (secondary N) is 1. The fourth-order valence-electron chi connectivity index (χ4n) is 4.45. The molecule has 1 amide bonds. The summed E-state index contributed by atoms with van der Waals surface area (Å²) >= 11 is 0. The molecule has 3 saturated heterocycles. The summed E-state index contributed by atoms with van der Waals surface area (Å²) in [4.78, 5) is 11.7. The van der Waals surface area contributed by atoms with Crippen molar-refractivity contribution in [2.24, 2.45) is 0 Å². The fraction of sp³-hybridized carbons (Fsp3) is 0.950. The van der Waals surface area contributed by atoms with Crippen molar-refractivity contribution in [2.75, 3.05) is 19.8 Å². The molecule has 37 heavy (non-hydrogen) atoms. The first-order valence-corrected chi connectivity index (χ1v) is 11.6. The third-order valence-corrected chi connectivity index (χ3v) is 6.50. The molecule has 3 aliphatic heterocycles. The van der Waals surface area contributed by atoms with E-state index in [2.05, 4.69) is 5.32 Å². The highest BCUT2D eigenvalue weighted by Crippen LogP contribution is 2.32. The molecule has 17 nitrogen and oxygen atoms in total.